The van der Waals surface area contributed by atoms with Crippen LogP contribution in [0.5, 0.6) is 0 Å². The van der Waals surface area contributed by atoms with Gasteiger partial charge in [0.1, 0.15) is 48.8 Å². The van der Waals surface area contributed by atoms with Gasteiger partial charge < -0.3 is 59.8 Å². The predicted octanol–water partition coefficient (Wildman–Crippen LogP) is 2.79. The van der Waals surface area contributed by atoms with Crippen molar-refractivity contribution < 1.29 is 59.8 Å². The molecule has 7 rings (SSSR count). The Morgan fingerprint density at radius 3 is 1.94 bits per heavy atom. The van der Waals surface area contributed by atoms with Crippen molar-refractivity contribution in [2.24, 2.45) is 50.2 Å². The van der Waals surface area contributed by atoms with Gasteiger partial charge in [-0.25, -0.2) is 0 Å². The molecule has 2 saturated heterocycles. The van der Waals surface area contributed by atoms with Crippen LogP contribution < -0.4 is 0 Å². The van der Waals surface area contributed by atoms with E-state index >= 15 is 0 Å². The summed E-state index contributed by atoms with van der Waals surface area (Å²) in [5, 5.41) is 83.8. The molecule has 4 saturated carbocycles. The third-order valence-electron chi connectivity index (χ3n) is 17.5. The molecule has 1 unspecified atom stereocenters. The van der Waals surface area contributed by atoms with Crippen LogP contribution >= 0.6 is 0 Å². The van der Waals surface area contributed by atoms with Gasteiger partial charge >= 0.3 is 0 Å². The lowest BCUT2D eigenvalue weighted by Gasteiger charge is -2.71. The van der Waals surface area contributed by atoms with E-state index in [1.54, 1.807) is 5.57 Å². The molecule has 12 heteroatoms. The molecular formula is C42H70O12. The Hall–Kier alpha value is -0.740. The summed E-state index contributed by atoms with van der Waals surface area (Å²) in [6, 6.07) is 0. The maximum Gasteiger partial charge on any atom is 0.187 e. The fraction of sp³-hybridized carbons (Fsp3) is 0.952. The average molecular weight is 767 g/mol. The first kappa shape index (κ1) is 41.4. The Kier molecular flexibility index (Phi) is 10.9. The summed E-state index contributed by atoms with van der Waals surface area (Å²) >= 11 is 0. The molecule has 0 aromatic heterocycles. The molecule has 0 spiro atoms. The molecule has 0 amide bonds. The zero-order chi connectivity index (χ0) is 39.4. The molecule has 0 bridgehead atoms. The van der Waals surface area contributed by atoms with E-state index in [-0.39, 0.29) is 45.2 Å². The minimum absolute atomic E-state index is 0.0251. The second kappa shape index (κ2) is 14.2. The van der Waals surface area contributed by atoms with E-state index in [2.05, 4.69) is 54.5 Å². The van der Waals surface area contributed by atoms with Crippen molar-refractivity contribution in [1.29, 1.82) is 0 Å². The molecule has 5 aliphatic carbocycles. The SMILES string of the molecule is CC1(C)C(O[C@@H]2O[C@H](CO)[C@@H](O)[C@H](O)[C@H]2O[C@@H]2O[C@H](CO)[C@@H](O)[C@H](O)[C@H]2O)CC[C@]2(C)[C@H]3CC=C4[C@@H]5C[C@](C)(CO)CC[C@]5(C)CC[C@@]4(C)[C@]3(C)CC[C@@H]12. The quantitative estimate of drug-likeness (QED) is 0.140. The lowest BCUT2D eigenvalue weighted by atomic mass is 9.33. The molecule has 310 valence electrons. The minimum Gasteiger partial charge on any atom is -0.396 e. The van der Waals surface area contributed by atoms with Crippen molar-refractivity contribution in [3.63, 3.8) is 0 Å². The van der Waals surface area contributed by atoms with Crippen LogP contribution in [0.15, 0.2) is 11.6 Å². The molecule has 19 atom stereocenters. The zero-order valence-corrected chi connectivity index (χ0v) is 33.6. The summed E-state index contributed by atoms with van der Waals surface area (Å²) in [6.07, 6.45) is -1.96. The topological polar surface area (TPSA) is 199 Å². The lowest BCUT2D eigenvalue weighted by molar-refractivity contribution is -0.378. The van der Waals surface area contributed by atoms with Gasteiger partial charge in [0, 0.05) is 6.61 Å². The van der Waals surface area contributed by atoms with Crippen LogP contribution in [0.4, 0.5) is 0 Å². The smallest absolute Gasteiger partial charge is 0.187 e. The highest BCUT2D eigenvalue weighted by atomic mass is 16.8. The molecule has 0 aromatic rings. The maximum atomic E-state index is 11.3. The highest BCUT2D eigenvalue weighted by Crippen LogP contribution is 2.75. The van der Waals surface area contributed by atoms with E-state index in [9.17, 15) is 40.9 Å². The number of rotatable bonds is 7. The van der Waals surface area contributed by atoms with E-state index in [1.165, 1.54) is 19.3 Å². The molecule has 2 heterocycles. The van der Waals surface area contributed by atoms with Crippen molar-refractivity contribution in [2.45, 2.75) is 180 Å². The summed E-state index contributed by atoms with van der Waals surface area (Å²) in [4.78, 5) is 0. The van der Waals surface area contributed by atoms with Gasteiger partial charge in [-0.05, 0) is 114 Å². The molecular weight excluding hydrogens is 696 g/mol. The Morgan fingerprint density at radius 2 is 1.30 bits per heavy atom. The van der Waals surface area contributed by atoms with Gasteiger partial charge in [-0.2, -0.15) is 0 Å². The van der Waals surface area contributed by atoms with Gasteiger partial charge in [0.2, 0.25) is 0 Å². The molecule has 2 aliphatic heterocycles. The third kappa shape index (κ3) is 6.14. The standard InChI is InChI=1S/C42H70O12/c1-37(2)26-10-13-42(7)27(9-8-22-23-18-38(3,21-45)14-15-39(23,4)16-17-41(22,42)6)40(26,5)12-11-28(37)53-36-34(32(49)30(47)25(20-44)52-36)54-35-33(50)31(48)29(46)24(19-43)51-35/h8,23-36,43-50H,9-21H2,1-7H3/t23-,24+,25+,26-,27+,28?,29+,30+,31-,32-,33+,34+,35-,36-,38+,39+,40-,41+,42+/m0/s1. The van der Waals surface area contributed by atoms with Crippen LogP contribution in [-0.4, -0.2) is 128 Å². The number of hydrogen-bond donors (Lipinski definition) is 8. The number of fused-ring (bicyclic) bond motifs is 7. The first-order valence-corrected chi connectivity index (χ1v) is 20.8. The second-order valence-corrected chi connectivity index (χ2v) is 20.7. The summed E-state index contributed by atoms with van der Waals surface area (Å²) < 4.78 is 24.5. The van der Waals surface area contributed by atoms with Crippen LogP contribution in [-0.2, 0) is 18.9 Å². The number of aliphatic hydroxyl groups is 8. The minimum atomic E-state index is -1.73. The fourth-order valence-electron chi connectivity index (χ4n) is 13.6. The van der Waals surface area contributed by atoms with Gasteiger partial charge in [0.15, 0.2) is 12.6 Å². The predicted molar refractivity (Wildman–Crippen MR) is 197 cm³/mol. The number of ether oxygens (including phenoxy) is 4. The fourth-order valence-corrected chi connectivity index (χ4v) is 13.6. The average Bonchev–Trinajstić information content (AvgIpc) is 3.13. The molecule has 0 aromatic carbocycles. The molecule has 6 fully saturated rings. The van der Waals surface area contributed by atoms with Gasteiger partial charge in [-0.15, -0.1) is 0 Å². The van der Waals surface area contributed by atoms with Crippen molar-refractivity contribution in [2.75, 3.05) is 19.8 Å². The van der Waals surface area contributed by atoms with Gasteiger partial charge in [0.25, 0.3) is 0 Å². The first-order chi connectivity index (χ1) is 25.2. The monoisotopic (exact) mass is 766 g/mol. The summed E-state index contributed by atoms with van der Waals surface area (Å²) in [5.74, 6) is 1.27. The van der Waals surface area contributed by atoms with Crippen molar-refractivity contribution in [3.8, 4) is 0 Å². The second-order valence-electron chi connectivity index (χ2n) is 20.7. The molecule has 7 aliphatic rings. The molecule has 12 nitrogen and oxygen atoms in total. The van der Waals surface area contributed by atoms with Crippen LogP contribution in [0.3, 0.4) is 0 Å². The van der Waals surface area contributed by atoms with Crippen LogP contribution in [0.25, 0.3) is 0 Å². The van der Waals surface area contributed by atoms with Crippen LogP contribution in [0.2, 0.25) is 0 Å². The summed E-state index contributed by atoms with van der Waals surface area (Å²) in [7, 11) is 0. The Morgan fingerprint density at radius 1 is 0.667 bits per heavy atom. The largest absolute Gasteiger partial charge is 0.396 e. The Labute approximate surface area is 321 Å². The highest BCUT2D eigenvalue weighted by Gasteiger charge is 2.68. The summed E-state index contributed by atoms with van der Waals surface area (Å²) in [6.45, 7) is 15.9. The van der Waals surface area contributed by atoms with Crippen molar-refractivity contribution in [3.05, 3.63) is 11.6 Å². The van der Waals surface area contributed by atoms with E-state index in [1.807, 2.05) is 0 Å². The molecule has 0 radical (unpaired) electrons. The Balaban J connectivity index is 1.14. The molecule has 8 N–H and O–H groups in total. The number of allylic oxidation sites excluding steroid dienone is 2. The van der Waals surface area contributed by atoms with Gasteiger partial charge in [0.05, 0.1) is 19.3 Å². The lowest BCUT2D eigenvalue weighted by Crippen LogP contribution is -2.66. The normalized spacial score (nSPS) is 55.8. The van der Waals surface area contributed by atoms with Gasteiger partial charge in [-0.3, -0.25) is 0 Å². The first-order valence-electron chi connectivity index (χ1n) is 20.8. The van der Waals surface area contributed by atoms with E-state index < -0.39 is 74.6 Å². The van der Waals surface area contributed by atoms with Crippen LogP contribution in [0, 0.1) is 50.2 Å². The number of aliphatic hydroxyl groups excluding tert-OH is 8. The molecule has 54 heavy (non-hydrogen) atoms. The third-order valence-corrected chi connectivity index (χ3v) is 17.5. The number of hydrogen-bond acceptors (Lipinski definition) is 12. The highest BCUT2D eigenvalue weighted by molar-refractivity contribution is 5.33. The van der Waals surface area contributed by atoms with E-state index in [0.717, 1.165) is 38.5 Å². The Bertz CT molecular complexity index is 1410. The van der Waals surface area contributed by atoms with Gasteiger partial charge in [-0.1, -0.05) is 60.1 Å². The van der Waals surface area contributed by atoms with Crippen molar-refractivity contribution in [1.82, 2.24) is 0 Å². The van der Waals surface area contributed by atoms with E-state index in [4.69, 9.17) is 18.9 Å². The van der Waals surface area contributed by atoms with Crippen LogP contribution in [0.1, 0.15) is 113 Å². The summed E-state index contributed by atoms with van der Waals surface area (Å²) in [5.41, 5.74) is 1.80. The maximum absolute atomic E-state index is 11.3. The van der Waals surface area contributed by atoms with E-state index in [0.29, 0.717) is 24.2 Å². The van der Waals surface area contributed by atoms with Crippen molar-refractivity contribution >= 4 is 0 Å². The zero-order valence-electron chi connectivity index (χ0n) is 33.6.